The van der Waals surface area contributed by atoms with Crippen molar-refractivity contribution in [1.29, 1.82) is 0 Å². The standard InChI is InChI=1S/C31H36N4O7/c1-7-39-23-15-20(16-24(40-8-2)26(23)41-9-3)29(36)33-28-22(31(38)42-10-4)17-21-27(35(28)18-19(5)6)32-25-13-11-12-14-34(25)30(21)37/h11-17,19H,7-10,18H2,1-6H3. The first-order valence-electron chi connectivity index (χ1n) is 14.1. The molecule has 3 heterocycles. The molecule has 4 aromatic rings. The summed E-state index contributed by atoms with van der Waals surface area (Å²) in [4.78, 5) is 49.8. The SMILES string of the molecule is CCOC(=O)c1cc2c(=O)n3ccccc3nc2n(CC(C)C)c1=NC(=O)c1cc(OCC)c(OCC)c(OCC)c1. The molecule has 42 heavy (non-hydrogen) atoms. The molecular formula is C31H36N4O7. The monoisotopic (exact) mass is 576 g/mol. The van der Waals surface area contributed by atoms with Gasteiger partial charge in [0.05, 0.1) is 31.8 Å². The molecule has 0 unspecified atom stereocenters. The molecule has 0 radical (unpaired) electrons. The maximum Gasteiger partial charge on any atom is 0.341 e. The van der Waals surface area contributed by atoms with Gasteiger partial charge in [-0.25, -0.2) is 9.78 Å². The minimum atomic E-state index is -0.710. The molecule has 1 aromatic carbocycles. The van der Waals surface area contributed by atoms with Gasteiger partial charge in [-0.1, -0.05) is 19.9 Å². The normalized spacial score (nSPS) is 11.7. The van der Waals surface area contributed by atoms with Gasteiger partial charge in [0, 0.05) is 18.3 Å². The van der Waals surface area contributed by atoms with Crippen LogP contribution in [0.25, 0.3) is 16.7 Å². The molecular weight excluding hydrogens is 540 g/mol. The highest BCUT2D eigenvalue weighted by molar-refractivity contribution is 5.98. The average Bonchev–Trinajstić information content (AvgIpc) is 2.96. The van der Waals surface area contributed by atoms with Crippen LogP contribution in [-0.4, -0.2) is 52.3 Å². The van der Waals surface area contributed by atoms with E-state index in [2.05, 4.69) is 4.99 Å². The number of fused-ring (bicyclic) bond motifs is 2. The Kier molecular flexibility index (Phi) is 9.61. The number of hydrogen-bond donors (Lipinski definition) is 0. The van der Waals surface area contributed by atoms with Gasteiger partial charge in [0.1, 0.15) is 16.9 Å². The zero-order valence-corrected chi connectivity index (χ0v) is 24.8. The summed E-state index contributed by atoms with van der Waals surface area (Å²) in [5, 5.41) is 0.201. The van der Waals surface area contributed by atoms with E-state index >= 15 is 0 Å². The van der Waals surface area contributed by atoms with Crippen molar-refractivity contribution in [2.24, 2.45) is 10.9 Å². The Labute approximate surface area is 243 Å². The van der Waals surface area contributed by atoms with Crippen LogP contribution in [0, 0.1) is 5.92 Å². The number of ether oxygens (including phenoxy) is 4. The van der Waals surface area contributed by atoms with E-state index in [1.807, 2.05) is 34.6 Å². The van der Waals surface area contributed by atoms with Crippen molar-refractivity contribution in [3.05, 3.63) is 69.6 Å². The number of carbonyl (C=O) groups is 2. The molecule has 11 nitrogen and oxygen atoms in total. The lowest BCUT2D eigenvalue weighted by Gasteiger charge is -2.17. The van der Waals surface area contributed by atoms with Crippen molar-refractivity contribution < 1.29 is 28.5 Å². The molecule has 1 amide bonds. The number of rotatable bonds is 11. The predicted octanol–water partition coefficient (Wildman–Crippen LogP) is 4.42. The topological polar surface area (TPSA) is 123 Å². The Morgan fingerprint density at radius 3 is 2.19 bits per heavy atom. The fraction of sp³-hybridized carbons (Fsp3) is 0.387. The minimum Gasteiger partial charge on any atom is -0.490 e. The van der Waals surface area contributed by atoms with Crippen molar-refractivity contribution in [2.45, 2.75) is 48.1 Å². The van der Waals surface area contributed by atoms with Gasteiger partial charge in [-0.05, 0) is 63.9 Å². The first-order valence-corrected chi connectivity index (χ1v) is 14.1. The molecule has 0 N–H and O–H groups in total. The molecule has 0 fully saturated rings. The molecule has 3 aromatic heterocycles. The smallest absolute Gasteiger partial charge is 0.341 e. The summed E-state index contributed by atoms with van der Waals surface area (Å²) in [6.45, 7) is 12.6. The van der Waals surface area contributed by atoms with E-state index in [0.29, 0.717) is 54.9 Å². The number of pyridine rings is 2. The molecule has 0 saturated carbocycles. The van der Waals surface area contributed by atoms with Crippen LogP contribution in [-0.2, 0) is 11.3 Å². The molecule has 0 saturated heterocycles. The number of esters is 1. The number of benzene rings is 1. The highest BCUT2D eigenvalue weighted by Crippen LogP contribution is 2.39. The highest BCUT2D eigenvalue weighted by atomic mass is 16.5. The van der Waals surface area contributed by atoms with Gasteiger partial charge in [0.2, 0.25) is 5.75 Å². The Balaban J connectivity index is 2.07. The minimum absolute atomic E-state index is 0.0193. The van der Waals surface area contributed by atoms with Crippen molar-refractivity contribution in [3.8, 4) is 17.2 Å². The molecule has 0 aliphatic heterocycles. The number of aromatic nitrogens is 3. The van der Waals surface area contributed by atoms with E-state index in [0.717, 1.165) is 0 Å². The van der Waals surface area contributed by atoms with E-state index < -0.39 is 11.9 Å². The summed E-state index contributed by atoms with van der Waals surface area (Å²) in [6, 6.07) is 9.70. The van der Waals surface area contributed by atoms with Crippen molar-refractivity contribution in [1.82, 2.24) is 14.0 Å². The van der Waals surface area contributed by atoms with Gasteiger partial charge in [-0.15, -0.1) is 0 Å². The summed E-state index contributed by atoms with van der Waals surface area (Å²) < 4.78 is 25.7. The van der Waals surface area contributed by atoms with Crippen molar-refractivity contribution in [2.75, 3.05) is 26.4 Å². The summed E-state index contributed by atoms with van der Waals surface area (Å²) in [6.07, 6.45) is 1.61. The number of amides is 1. The summed E-state index contributed by atoms with van der Waals surface area (Å²) in [5.74, 6) is -0.247. The van der Waals surface area contributed by atoms with Gasteiger partial charge >= 0.3 is 5.97 Å². The van der Waals surface area contributed by atoms with Crippen LogP contribution in [0.3, 0.4) is 0 Å². The zero-order valence-electron chi connectivity index (χ0n) is 24.8. The molecule has 0 bridgehead atoms. The van der Waals surface area contributed by atoms with E-state index in [9.17, 15) is 14.4 Å². The van der Waals surface area contributed by atoms with Crippen LogP contribution >= 0.6 is 0 Å². The zero-order chi connectivity index (χ0) is 30.4. The van der Waals surface area contributed by atoms with E-state index in [4.69, 9.17) is 23.9 Å². The maximum absolute atomic E-state index is 13.8. The molecule has 222 valence electrons. The highest BCUT2D eigenvalue weighted by Gasteiger charge is 2.22. The van der Waals surface area contributed by atoms with E-state index in [-0.39, 0.29) is 40.1 Å². The molecule has 0 aliphatic rings. The second-order valence-electron chi connectivity index (χ2n) is 9.71. The van der Waals surface area contributed by atoms with E-state index in [1.165, 1.54) is 10.5 Å². The third-order valence-corrected chi connectivity index (χ3v) is 6.20. The van der Waals surface area contributed by atoms with Crippen LogP contribution in [0.1, 0.15) is 62.3 Å². The molecule has 4 rings (SSSR count). The largest absolute Gasteiger partial charge is 0.490 e. The Morgan fingerprint density at radius 2 is 1.60 bits per heavy atom. The lowest BCUT2D eigenvalue weighted by Crippen LogP contribution is -2.33. The second-order valence-corrected chi connectivity index (χ2v) is 9.71. The number of carbonyl (C=O) groups excluding carboxylic acids is 2. The van der Waals surface area contributed by atoms with Crippen LogP contribution in [0.5, 0.6) is 17.2 Å². The average molecular weight is 577 g/mol. The lowest BCUT2D eigenvalue weighted by molar-refractivity contribution is 0.0523. The fourth-order valence-corrected chi connectivity index (χ4v) is 4.57. The first-order chi connectivity index (χ1) is 20.2. The first kappa shape index (κ1) is 30.3. The van der Waals surface area contributed by atoms with Crippen LogP contribution in [0.2, 0.25) is 0 Å². The van der Waals surface area contributed by atoms with Gasteiger partial charge < -0.3 is 23.5 Å². The molecule has 0 spiro atoms. The van der Waals surface area contributed by atoms with Gasteiger partial charge in [-0.3, -0.25) is 14.0 Å². The quantitative estimate of drug-likeness (QED) is 0.190. The predicted molar refractivity (Wildman–Crippen MR) is 158 cm³/mol. The van der Waals surface area contributed by atoms with Gasteiger partial charge in [0.25, 0.3) is 11.5 Å². The molecule has 11 heteroatoms. The third-order valence-electron chi connectivity index (χ3n) is 6.20. The van der Waals surface area contributed by atoms with E-state index in [1.54, 1.807) is 48.0 Å². The summed E-state index contributed by atoms with van der Waals surface area (Å²) in [7, 11) is 0. The van der Waals surface area contributed by atoms with Gasteiger partial charge in [0.15, 0.2) is 17.0 Å². The van der Waals surface area contributed by atoms with Gasteiger partial charge in [-0.2, -0.15) is 4.99 Å². The Bertz CT molecular complexity index is 1730. The van der Waals surface area contributed by atoms with Crippen LogP contribution in [0.4, 0.5) is 0 Å². The third kappa shape index (κ3) is 6.14. The lowest BCUT2D eigenvalue weighted by atomic mass is 10.1. The van der Waals surface area contributed by atoms with Crippen molar-refractivity contribution >= 4 is 28.6 Å². The van der Waals surface area contributed by atoms with Crippen molar-refractivity contribution in [3.63, 3.8) is 0 Å². The fourth-order valence-electron chi connectivity index (χ4n) is 4.57. The van der Waals surface area contributed by atoms with Crippen LogP contribution < -0.4 is 25.3 Å². The number of nitrogens with zero attached hydrogens (tertiary/aromatic N) is 4. The van der Waals surface area contributed by atoms with Crippen LogP contribution in [0.15, 0.2) is 52.4 Å². The molecule has 0 aliphatic carbocycles. The summed E-state index contributed by atoms with van der Waals surface area (Å²) >= 11 is 0. The maximum atomic E-state index is 13.8. The Morgan fingerprint density at radius 1 is 0.929 bits per heavy atom. The Hall–Kier alpha value is -4.67. The summed E-state index contributed by atoms with van der Waals surface area (Å²) in [5.41, 5.74) is 0.554. The molecule has 0 atom stereocenters. The number of hydrogen-bond acceptors (Lipinski definition) is 8. The second kappa shape index (κ2) is 13.3.